The van der Waals surface area contributed by atoms with Crippen LogP contribution in [0.1, 0.15) is 90.8 Å². The van der Waals surface area contributed by atoms with Crippen LogP contribution >= 0.6 is 11.3 Å². The van der Waals surface area contributed by atoms with Crippen molar-refractivity contribution in [1.29, 1.82) is 0 Å². The number of aryl methyl sites for hydroxylation is 1. The molecule has 1 aliphatic rings. The number of Topliss-reactive ketones (excluding diaryl/α,β-unsaturated/α-hetero) is 2. The lowest BCUT2D eigenvalue weighted by atomic mass is 9.75. The number of ketones is 2. The predicted octanol–water partition coefficient (Wildman–Crippen LogP) is 4.98. The molecule has 0 aromatic carbocycles. The molecule has 0 saturated carbocycles. The third-order valence-corrected chi connectivity index (χ3v) is 8.48. The Morgan fingerprint density at radius 2 is 1.89 bits per heavy atom. The molecule has 7 nitrogen and oxygen atoms in total. The molecule has 2 heterocycles. The predicted molar refractivity (Wildman–Crippen MR) is 138 cm³/mol. The average molecular weight is 509 g/mol. The second-order valence-electron chi connectivity index (χ2n) is 11.5. The molecule has 3 N–H and O–H groups in total. The minimum Gasteiger partial charge on any atom is -0.481 e. The van der Waals surface area contributed by atoms with Gasteiger partial charge in [-0.05, 0) is 51.9 Å². The topological polar surface area (TPSA) is 123 Å². The molecular weight excluding hydrogens is 464 g/mol. The quantitative estimate of drug-likeness (QED) is 0.302. The van der Waals surface area contributed by atoms with E-state index in [4.69, 9.17) is 15.6 Å². The summed E-state index contributed by atoms with van der Waals surface area (Å²) in [5.74, 6) is -0.966. The van der Waals surface area contributed by atoms with Crippen molar-refractivity contribution in [2.75, 3.05) is 0 Å². The monoisotopic (exact) mass is 508 g/mol. The minimum absolute atomic E-state index is 0.00907. The number of carbonyl (C=O) groups is 3. The van der Waals surface area contributed by atoms with Crippen LogP contribution in [0.25, 0.3) is 0 Å². The van der Waals surface area contributed by atoms with Gasteiger partial charge in [-0.15, -0.1) is 11.3 Å². The number of carboxylic acid groups (broad SMARTS) is 1. The largest absolute Gasteiger partial charge is 0.481 e. The van der Waals surface area contributed by atoms with Crippen LogP contribution in [0, 0.1) is 30.1 Å². The fraction of sp³-hybridized carbons (Fsp3) is 0.778. The number of ether oxygens (including phenoxy) is 1. The van der Waals surface area contributed by atoms with Crippen LogP contribution in [0.3, 0.4) is 0 Å². The van der Waals surface area contributed by atoms with Crippen LogP contribution in [0.4, 0.5) is 0 Å². The van der Waals surface area contributed by atoms with E-state index in [0.29, 0.717) is 31.6 Å². The second-order valence-corrected chi connectivity index (χ2v) is 12.6. The van der Waals surface area contributed by atoms with E-state index >= 15 is 0 Å². The zero-order valence-corrected chi connectivity index (χ0v) is 23.2. The van der Waals surface area contributed by atoms with Crippen molar-refractivity contribution in [3.05, 3.63) is 16.1 Å². The number of hydrogen-bond donors (Lipinski definition) is 2. The van der Waals surface area contributed by atoms with Gasteiger partial charge in [0.2, 0.25) is 0 Å². The van der Waals surface area contributed by atoms with Crippen molar-refractivity contribution in [2.45, 2.75) is 111 Å². The Bertz CT molecular complexity index is 898. The number of rotatable bonds is 16. The van der Waals surface area contributed by atoms with Crippen LogP contribution in [-0.2, 0) is 25.5 Å². The number of thiazole rings is 1. The Morgan fingerprint density at radius 3 is 2.46 bits per heavy atom. The van der Waals surface area contributed by atoms with Gasteiger partial charge in [-0.25, -0.2) is 4.98 Å². The maximum Gasteiger partial charge on any atom is 0.303 e. The lowest BCUT2D eigenvalue weighted by Gasteiger charge is -2.27. The van der Waals surface area contributed by atoms with Crippen LogP contribution < -0.4 is 5.73 Å². The Hall–Kier alpha value is -1.64. The summed E-state index contributed by atoms with van der Waals surface area (Å²) in [7, 11) is 0. The lowest BCUT2D eigenvalue weighted by Crippen LogP contribution is -2.33. The SMILES string of the molecule is Cc1nc(CC(C)C(N)CC2OC2(C)CCC(=O)C(C)CC(C)C(=O)C(C)(C)CCC(=O)O)cs1. The van der Waals surface area contributed by atoms with E-state index in [0.717, 1.165) is 23.5 Å². The maximum atomic E-state index is 12.8. The molecule has 198 valence electrons. The normalized spacial score (nSPS) is 23.4. The zero-order valence-electron chi connectivity index (χ0n) is 22.4. The molecule has 0 spiro atoms. The summed E-state index contributed by atoms with van der Waals surface area (Å²) in [5.41, 5.74) is 6.52. The first-order chi connectivity index (χ1) is 16.1. The second kappa shape index (κ2) is 12.1. The van der Waals surface area contributed by atoms with E-state index in [1.807, 2.05) is 27.7 Å². The molecular formula is C27H44N2O5S. The van der Waals surface area contributed by atoms with Crippen molar-refractivity contribution in [1.82, 2.24) is 4.98 Å². The Balaban J connectivity index is 1.75. The number of carboxylic acids is 1. The summed E-state index contributed by atoms with van der Waals surface area (Å²) < 4.78 is 5.97. The summed E-state index contributed by atoms with van der Waals surface area (Å²) in [4.78, 5) is 41.1. The number of hydrogen-bond acceptors (Lipinski definition) is 7. The fourth-order valence-corrected chi connectivity index (χ4v) is 5.49. The van der Waals surface area contributed by atoms with Crippen LogP contribution in [0.5, 0.6) is 0 Å². The molecule has 1 aromatic rings. The number of epoxide rings is 1. The number of carbonyl (C=O) groups excluding carboxylic acids is 2. The van der Waals surface area contributed by atoms with Crippen molar-refractivity contribution < 1.29 is 24.2 Å². The van der Waals surface area contributed by atoms with E-state index in [1.165, 1.54) is 0 Å². The number of nitrogens with zero attached hydrogens (tertiary/aromatic N) is 1. The van der Waals surface area contributed by atoms with Gasteiger partial charge >= 0.3 is 5.97 Å². The third-order valence-electron chi connectivity index (χ3n) is 7.65. The molecule has 1 saturated heterocycles. The molecule has 0 aliphatic carbocycles. The summed E-state index contributed by atoms with van der Waals surface area (Å²) in [6.07, 6.45) is 3.50. The highest BCUT2D eigenvalue weighted by atomic mass is 32.1. The van der Waals surface area contributed by atoms with Gasteiger partial charge < -0.3 is 15.6 Å². The Kier molecular flexibility index (Phi) is 10.2. The highest BCUT2D eigenvalue weighted by molar-refractivity contribution is 7.09. The molecule has 0 amide bonds. The third kappa shape index (κ3) is 8.76. The summed E-state index contributed by atoms with van der Waals surface area (Å²) in [6.45, 7) is 13.5. The molecule has 8 heteroatoms. The lowest BCUT2D eigenvalue weighted by molar-refractivity contribution is -0.138. The fourth-order valence-electron chi connectivity index (χ4n) is 4.87. The van der Waals surface area contributed by atoms with E-state index in [-0.39, 0.29) is 47.6 Å². The molecule has 0 bridgehead atoms. The Morgan fingerprint density at radius 1 is 1.23 bits per heavy atom. The first-order valence-corrected chi connectivity index (χ1v) is 13.7. The van der Waals surface area contributed by atoms with Crippen molar-refractivity contribution in [3.8, 4) is 0 Å². The first kappa shape index (κ1) is 29.6. The van der Waals surface area contributed by atoms with Crippen molar-refractivity contribution >= 4 is 28.9 Å². The van der Waals surface area contributed by atoms with Crippen molar-refractivity contribution in [2.24, 2.45) is 28.9 Å². The first-order valence-electron chi connectivity index (χ1n) is 12.8. The molecule has 0 radical (unpaired) electrons. The molecule has 35 heavy (non-hydrogen) atoms. The highest BCUT2D eigenvalue weighted by Gasteiger charge is 2.52. The number of aromatic nitrogens is 1. The molecule has 2 rings (SSSR count). The van der Waals surface area contributed by atoms with Crippen LogP contribution in [0.15, 0.2) is 5.38 Å². The Labute approximate surface area is 214 Å². The van der Waals surface area contributed by atoms with Gasteiger partial charge in [0.25, 0.3) is 0 Å². The standard InChI is InChI=1S/C27H44N2O5S/c1-16(13-20-15-35-19(4)29-20)21(28)14-23-27(7,34-23)11-8-22(30)17(2)12-18(3)25(33)26(5,6)10-9-24(31)32/h15-18,21,23H,8-14,28H2,1-7H3,(H,31,32). The summed E-state index contributed by atoms with van der Waals surface area (Å²) in [6, 6.07) is 0.00907. The van der Waals surface area contributed by atoms with Gasteiger partial charge in [0.15, 0.2) is 0 Å². The molecule has 6 unspecified atom stereocenters. The van der Waals surface area contributed by atoms with E-state index in [2.05, 4.69) is 17.3 Å². The van der Waals surface area contributed by atoms with Gasteiger partial charge in [-0.3, -0.25) is 14.4 Å². The number of nitrogens with two attached hydrogens (primary N) is 1. The number of aliphatic carboxylic acids is 1. The van der Waals surface area contributed by atoms with E-state index < -0.39 is 11.4 Å². The smallest absolute Gasteiger partial charge is 0.303 e. The van der Waals surface area contributed by atoms with E-state index in [9.17, 15) is 14.4 Å². The van der Waals surface area contributed by atoms with Gasteiger partial charge in [0, 0.05) is 41.5 Å². The average Bonchev–Trinajstić information content (AvgIpc) is 3.22. The van der Waals surface area contributed by atoms with Gasteiger partial charge in [0.05, 0.1) is 22.4 Å². The van der Waals surface area contributed by atoms with E-state index in [1.54, 1.807) is 25.2 Å². The maximum absolute atomic E-state index is 12.8. The zero-order chi connectivity index (χ0) is 26.6. The minimum atomic E-state index is -0.902. The molecule has 6 atom stereocenters. The van der Waals surface area contributed by atoms with Gasteiger partial charge in [-0.1, -0.05) is 34.6 Å². The highest BCUT2D eigenvalue weighted by Crippen LogP contribution is 2.43. The van der Waals surface area contributed by atoms with Crippen LogP contribution in [0.2, 0.25) is 0 Å². The van der Waals surface area contributed by atoms with Gasteiger partial charge in [0.1, 0.15) is 11.6 Å². The van der Waals surface area contributed by atoms with Gasteiger partial charge in [-0.2, -0.15) is 0 Å². The summed E-state index contributed by atoms with van der Waals surface area (Å²) in [5, 5.41) is 12.1. The summed E-state index contributed by atoms with van der Waals surface area (Å²) >= 11 is 1.66. The van der Waals surface area contributed by atoms with Crippen molar-refractivity contribution in [3.63, 3.8) is 0 Å². The molecule has 1 aliphatic heterocycles. The molecule has 1 aromatic heterocycles. The molecule has 1 fully saturated rings. The van der Waals surface area contributed by atoms with Crippen LogP contribution in [-0.4, -0.2) is 45.4 Å².